The molecule has 0 atom stereocenters. The van der Waals surface area contributed by atoms with Gasteiger partial charge in [0.25, 0.3) is 5.91 Å². The lowest BCUT2D eigenvalue weighted by atomic mass is 10.1. The highest BCUT2D eigenvalue weighted by molar-refractivity contribution is 9.10. The highest BCUT2D eigenvalue weighted by Gasteiger charge is 2.28. The minimum atomic E-state index is -0.0512. The van der Waals surface area contributed by atoms with Crippen molar-refractivity contribution < 1.29 is 9.21 Å². The monoisotopic (exact) mass is 308 g/mol. The number of likely N-dealkylation sites (N-methyl/N-ethyl adjacent to an activating group) is 1. The van der Waals surface area contributed by atoms with Gasteiger partial charge in [-0.1, -0.05) is 0 Å². The molecule has 1 aromatic rings. The number of amides is 1. The maximum absolute atomic E-state index is 12.0. The fourth-order valence-corrected chi connectivity index (χ4v) is 2.03. The van der Waals surface area contributed by atoms with Gasteiger partial charge in [0.15, 0.2) is 10.4 Å². The summed E-state index contributed by atoms with van der Waals surface area (Å²) in [7, 11) is 1.81. The molecule has 4 nitrogen and oxygen atoms in total. The molecule has 0 radical (unpaired) electrons. The van der Waals surface area contributed by atoms with Crippen LogP contribution in [0.25, 0.3) is 0 Å². The summed E-state index contributed by atoms with van der Waals surface area (Å²) in [4.78, 5) is 13.7. The summed E-state index contributed by atoms with van der Waals surface area (Å²) < 4.78 is 5.92. The van der Waals surface area contributed by atoms with E-state index in [9.17, 15) is 4.79 Å². The summed E-state index contributed by atoms with van der Waals surface area (Å²) >= 11 is 3.22. The number of nitrogens with zero attached hydrogens (tertiary/aromatic N) is 1. The van der Waals surface area contributed by atoms with Gasteiger partial charge in [-0.05, 0) is 28.9 Å². The fourth-order valence-electron chi connectivity index (χ4n) is 1.53. The zero-order chi connectivity index (χ0) is 11.0. The molecule has 2 heterocycles. The van der Waals surface area contributed by atoms with Crippen LogP contribution < -0.4 is 5.32 Å². The second-order valence-corrected chi connectivity index (χ2v) is 4.57. The Bertz CT molecular complexity index is 390. The smallest absolute Gasteiger partial charge is 0.289 e. The van der Waals surface area contributed by atoms with Crippen LogP contribution in [0.2, 0.25) is 0 Å². The largest absolute Gasteiger partial charge is 0.444 e. The highest BCUT2D eigenvalue weighted by Crippen LogP contribution is 2.21. The first kappa shape index (κ1) is 13.5. The number of carbonyl (C=O) groups is 1. The molecule has 6 heteroatoms. The normalized spacial score (nSPS) is 15.2. The number of hydrogen-bond acceptors (Lipinski definition) is 3. The van der Waals surface area contributed by atoms with Crippen molar-refractivity contribution in [1.82, 2.24) is 10.2 Å². The van der Waals surface area contributed by atoms with Crippen molar-refractivity contribution in [3.05, 3.63) is 22.1 Å². The molecule has 1 saturated heterocycles. The Kier molecular flexibility index (Phi) is 4.41. The minimum Gasteiger partial charge on any atom is -0.444 e. The van der Waals surface area contributed by atoms with Crippen LogP contribution >= 0.6 is 28.3 Å². The predicted octanol–water partition coefficient (Wildman–Crippen LogP) is 1.82. The van der Waals surface area contributed by atoms with E-state index in [2.05, 4.69) is 21.2 Å². The van der Waals surface area contributed by atoms with Crippen LogP contribution in [-0.2, 0) is 0 Å². The maximum atomic E-state index is 12.0. The van der Waals surface area contributed by atoms with Gasteiger partial charge in [0.05, 0.1) is 6.04 Å². The zero-order valence-corrected chi connectivity index (χ0v) is 11.5. The lowest BCUT2D eigenvalue weighted by Gasteiger charge is -2.35. The molecular weight excluding hydrogens is 295 g/mol. The average molecular weight is 310 g/mol. The van der Waals surface area contributed by atoms with Gasteiger partial charge in [-0.2, -0.15) is 0 Å². The van der Waals surface area contributed by atoms with Crippen molar-refractivity contribution in [2.75, 3.05) is 20.1 Å². The first-order valence-corrected chi connectivity index (χ1v) is 5.62. The van der Waals surface area contributed by atoms with Gasteiger partial charge in [-0.15, -0.1) is 12.4 Å². The second kappa shape index (κ2) is 5.21. The summed E-state index contributed by atoms with van der Waals surface area (Å²) in [5.74, 6) is 0.376. The van der Waals surface area contributed by atoms with Crippen molar-refractivity contribution in [2.24, 2.45) is 0 Å². The number of aryl methyl sites for hydroxylation is 1. The molecule has 2 rings (SSSR count). The van der Waals surface area contributed by atoms with E-state index in [-0.39, 0.29) is 18.3 Å². The van der Waals surface area contributed by atoms with E-state index in [1.807, 2.05) is 14.0 Å². The Labute approximate surface area is 109 Å². The zero-order valence-electron chi connectivity index (χ0n) is 9.12. The second-order valence-electron chi connectivity index (χ2n) is 3.79. The number of rotatable bonds is 2. The first-order chi connectivity index (χ1) is 7.09. The molecule has 16 heavy (non-hydrogen) atoms. The molecule has 0 unspecified atom stereocenters. The molecule has 1 amide bonds. The summed E-state index contributed by atoms with van der Waals surface area (Å²) in [5, 5.41) is 3.13. The van der Waals surface area contributed by atoms with Gasteiger partial charge < -0.3 is 14.6 Å². The van der Waals surface area contributed by atoms with E-state index in [0.29, 0.717) is 16.5 Å². The molecule has 1 aliphatic rings. The summed E-state index contributed by atoms with van der Waals surface area (Å²) in [5.41, 5.74) is 0.867. The molecule has 1 N–H and O–H groups in total. The third-order valence-corrected chi connectivity index (χ3v) is 3.10. The van der Waals surface area contributed by atoms with Crippen LogP contribution in [0.4, 0.5) is 0 Å². The van der Waals surface area contributed by atoms with E-state index >= 15 is 0 Å². The number of furan rings is 1. The summed E-state index contributed by atoms with van der Waals surface area (Å²) in [6.07, 6.45) is 0. The van der Waals surface area contributed by atoms with Gasteiger partial charge >= 0.3 is 0 Å². The molecule has 0 aromatic carbocycles. The van der Waals surface area contributed by atoms with E-state index in [1.165, 1.54) is 0 Å². The quantitative estimate of drug-likeness (QED) is 0.906. The maximum Gasteiger partial charge on any atom is 0.289 e. The van der Waals surface area contributed by atoms with Gasteiger partial charge in [-0.25, -0.2) is 0 Å². The first-order valence-electron chi connectivity index (χ1n) is 4.83. The van der Waals surface area contributed by atoms with Crippen LogP contribution in [0.5, 0.6) is 0 Å². The number of hydrogen-bond donors (Lipinski definition) is 1. The van der Waals surface area contributed by atoms with Gasteiger partial charge in [0, 0.05) is 25.7 Å². The number of halogens is 2. The van der Waals surface area contributed by atoms with Crippen molar-refractivity contribution in [3.8, 4) is 0 Å². The lowest BCUT2D eigenvalue weighted by molar-refractivity contribution is 0.0646. The van der Waals surface area contributed by atoms with Gasteiger partial charge in [0.2, 0.25) is 0 Å². The Balaban J connectivity index is 0.00000128. The summed E-state index contributed by atoms with van der Waals surface area (Å²) in [6, 6.07) is 2.10. The van der Waals surface area contributed by atoms with Crippen molar-refractivity contribution in [1.29, 1.82) is 0 Å². The molecule has 0 aliphatic carbocycles. The number of nitrogens with one attached hydrogen (secondary N) is 1. The SMILES string of the molecule is Cc1cc(Br)oc1C(=O)N(C)C1CNC1.Cl. The summed E-state index contributed by atoms with van der Waals surface area (Å²) in [6.45, 7) is 3.60. The predicted molar refractivity (Wildman–Crippen MR) is 67.1 cm³/mol. The van der Waals surface area contributed by atoms with Crippen molar-refractivity contribution >= 4 is 34.2 Å². The minimum absolute atomic E-state index is 0. The molecule has 0 saturated carbocycles. The molecule has 0 bridgehead atoms. The third kappa shape index (κ3) is 2.42. The van der Waals surface area contributed by atoms with Crippen molar-refractivity contribution in [2.45, 2.75) is 13.0 Å². The fraction of sp³-hybridized carbons (Fsp3) is 0.500. The number of carbonyl (C=O) groups excluding carboxylic acids is 1. The van der Waals surface area contributed by atoms with Gasteiger partial charge in [0.1, 0.15) is 0 Å². The molecular formula is C10H14BrClN2O2. The highest BCUT2D eigenvalue weighted by atomic mass is 79.9. The molecule has 0 spiro atoms. The van der Waals surface area contributed by atoms with E-state index in [4.69, 9.17) is 4.42 Å². The average Bonchev–Trinajstić information content (AvgIpc) is 2.41. The Morgan fingerprint density at radius 2 is 2.25 bits per heavy atom. The van der Waals surface area contributed by atoms with Crippen LogP contribution in [0, 0.1) is 6.92 Å². The van der Waals surface area contributed by atoms with E-state index < -0.39 is 0 Å². The van der Waals surface area contributed by atoms with Crippen LogP contribution in [-0.4, -0.2) is 37.0 Å². The van der Waals surface area contributed by atoms with Crippen molar-refractivity contribution in [3.63, 3.8) is 0 Å². The van der Waals surface area contributed by atoms with Crippen LogP contribution in [0.15, 0.2) is 15.2 Å². The third-order valence-electron chi connectivity index (χ3n) is 2.71. The topological polar surface area (TPSA) is 45.5 Å². The standard InChI is InChI=1S/C10H13BrN2O2.ClH/c1-6-3-8(11)15-9(6)10(14)13(2)7-4-12-5-7;/h3,7,12H,4-5H2,1-2H3;1H. The lowest BCUT2D eigenvalue weighted by Crippen LogP contribution is -2.57. The van der Waals surface area contributed by atoms with Crippen LogP contribution in [0.1, 0.15) is 16.1 Å². The van der Waals surface area contributed by atoms with Crippen LogP contribution in [0.3, 0.4) is 0 Å². The molecule has 1 aromatic heterocycles. The Morgan fingerprint density at radius 1 is 1.62 bits per heavy atom. The molecule has 1 fully saturated rings. The van der Waals surface area contributed by atoms with Gasteiger partial charge in [-0.3, -0.25) is 4.79 Å². The Morgan fingerprint density at radius 3 is 2.62 bits per heavy atom. The van der Waals surface area contributed by atoms with E-state index in [0.717, 1.165) is 18.7 Å². The molecule has 90 valence electrons. The molecule has 1 aliphatic heterocycles. The van der Waals surface area contributed by atoms with E-state index in [1.54, 1.807) is 11.0 Å². The Hall–Kier alpha value is -0.520.